The SMILES string of the molecule is CCC1COC(C)CN1C(=O)CNCC1CCCO1. The van der Waals surface area contributed by atoms with Gasteiger partial charge in [-0.25, -0.2) is 0 Å². The van der Waals surface area contributed by atoms with E-state index in [4.69, 9.17) is 9.47 Å². The first-order valence-electron chi connectivity index (χ1n) is 7.44. The molecule has 0 aromatic heterocycles. The van der Waals surface area contributed by atoms with Crippen molar-refractivity contribution in [2.24, 2.45) is 0 Å². The van der Waals surface area contributed by atoms with Crippen LogP contribution in [0, 0.1) is 0 Å². The molecule has 5 heteroatoms. The van der Waals surface area contributed by atoms with Gasteiger partial charge in [0.1, 0.15) is 0 Å². The molecular formula is C14H26N2O3. The van der Waals surface area contributed by atoms with Crippen LogP contribution in [0.2, 0.25) is 0 Å². The van der Waals surface area contributed by atoms with Gasteiger partial charge in [-0.05, 0) is 26.2 Å². The van der Waals surface area contributed by atoms with Crippen molar-refractivity contribution in [2.45, 2.75) is 51.4 Å². The maximum atomic E-state index is 12.3. The predicted molar refractivity (Wildman–Crippen MR) is 73.0 cm³/mol. The van der Waals surface area contributed by atoms with E-state index in [0.717, 1.165) is 32.4 Å². The van der Waals surface area contributed by atoms with Crippen LogP contribution in [0.25, 0.3) is 0 Å². The standard InChI is InChI=1S/C14H26N2O3/c1-3-12-10-19-11(2)9-16(12)14(17)8-15-7-13-5-4-6-18-13/h11-13,15H,3-10H2,1-2H3. The molecule has 1 N–H and O–H groups in total. The third kappa shape index (κ3) is 4.16. The number of amides is 1. The summed E-state index contributed by atoms with van der Waals surface area (Å²) in [5.74, 6) is 0.181. The van der Waals surface area contributed by atoms with E-state index in [1.54, 1.807) is 0 Å². The fourth-order valence-corrected chi connectivity index (χ4v) is 2.73. The lowest BCUT2D eigenvalue weighted by molar-refractivity contribution is -0.143. The van der Waals surface area contributed by atoms with Crippen LogP contribution in [0.15, 0.2) is 0 Å². The number of nitrogens with zero attached hydrogens (tertiary/aromatic N) is 1. The Bertz CT molecular complexity index is 292. The molecule has 0 spiro atoms. The van der Waals surface area contributed by atoms with Crippen LogP contribution in [0.4, 0.5) is 0 Å². The van der Waals surface area contributed by atoms with Gasteiger partial charge in [-0.1, -0.05) is 6.92 Å². The molecular weight excluding hydrogens is 244 g/mol. The minimum atomic E-state index is 0.143. The number of carbonyl (C=O) groups is 1. The molecule has 0 aliphatic carbocycles. The van der Waals surface area contributed by atoms with Crippen LogP contribution in [-0.2, 0) is 14.3 Å². The Morgan fingerprint density at radius 1 is 1.42 bits per heavy atom. The number of hydrogen-bond donors (Lipinski definition) is 1. The molecule has 2 rings (SSSR count). The zero-order valence-corrected chi connectivity index (χ0v) is 12.1. The van der Waals surface area contributed by atoms with Crippen molar-refractivity contribution >= 4 is 5.91 Å². The van der Waals surface area contributed by atoms with E-state index in [1.807, 2.05) is 11.8 Å². The van der Waals surface area contributed by atoms with Gasteiger partial charge in [-0.15, -0.1) is 0 Å². The van der Waals surface area contributed by atoms with Crippen LogP contribution in [0.5, 0.6) is 0 Å². The summed E-state index contributed by atoms with van der Waals surface area (Å²) in [6.45, 7) is 7.54. The molecule has 0 aromatic rings. The summed E-state index contributed by atoms with van der Waals surface area (Å²) in [5, 5.41) is 3.23. The summed E-state index contributed by atoms with van der Waals surface area (Å²) >= 11 is 0. The zero-order valence-electron chi connectivity index (χ0n) is 12.1. The molecule has 3 unspecified atom stereocenters. The van der Waals surface area contributed by atoms with Crippen molar-refractivity contribution in [1.29, 1.82) is 0 Å². The maximum absolute atomic E-state index is 12.3. The van der Waals surface area contributed by atoms with Gasteiger partial charge in [0.25, 0.3) is 0 Å². The van der Waals surface area contributed by atoms with Crippen molar-refractivity contribution in [1.82, 2.24) is 10.2 Å². The van der Waals surface area contributed by atoms with Crippen molar-refractivity contribution in [2.75, 3.05) is 32.8 Å². The van der Waals surface area contributed by atoms with Crippen molar-refractivity contribution in [3.05, 3.63) is 0 Å². The minimum absolute atomic E-state index is 0.143. The molecule has 2 saturated heterocycles. The first-order chi connectivity index (χ1) is 9.20. The lowest BCUT2D eigenvalue weighted by atomic mass is 10.1. The minimum Gasteiger partial charge on any atom is -0.377 e. The lowest BCUT2D eigenvalue weighted by Crippen LogP contribution is -2.53. The van der Waals surface area contributed by atoms with Gasteiger partial charge in [0.2, 0.25) is 5.91 Å². The average Bonchev–Trinajstić information content (AvgIpc) is 2.91. The van der Waals surface area contributed by atoms with Crippen molar-refractivity contribution in [3.63, 3.8) is 0 Å². The lowest BCUT2D eigenvalue weighted by Gasteiger charge is -2.38. The Balaban J connectivity index is 1.73. The van der Waals surface area contributed by atoms with Crippen molar-refractivity contribution < 1.29 is 14.3 Å². The van der Waals surface area contributed by atoms with Gasteiger partial charge in [-0.2, -0.15) is 0 Å². The van der Waals surface area contributed by atoms with Crippen LogP contribution in [0.3, 0.4) is 0 Å². The van der Waals surface area contributed by atoms with E-state index in [0.29, 0.717) is 25.8 Å². The Morgan fingerprint density at radius 2 is 2.26 bits per heavy atom. The third-order valence-corrected chi connectivity index (χ3v) is 3.93. The summed E-state index contributed by atoms with van der Waals surface area (Å²) in [4.78, 5) is 14.2. The quantitative estimate of drug-likeness (QED) is 0.802. The van der Waals surface area contributed by atoms with Gasteiger partial charge in [0.15, 0.2) is 0 Å². The summed E-state index contributed by atoms with van der Waals surface area (Å²) < 4.78 is 11.1. The highest BCUT2D eigenvalue weighted by atomic mass is 16.5. The number of rotatable bonds is 5. The number of nitrogens with one attached hydrogen (secondary N) is 1. The molecule has 0 bridgehead atoms. The summed E-state index contributed by atoms with van der Waals surface area (Å²) in [6, 6.07) is 0.230. The van der Waals surface area contributed by atoms with Gasteiger partial charge in [0.05, 0.1) is 31.4 Å². The highest BCUT2D eigenvalue weighted by Gasteiger charge is 2.29. The smallest absolute Gasteiger partial charge is 0.236 e. The fourth-order valence-electron chi connectivity index (χ4n) is 2.73. The topological polar surface area (TPSA) is 50.8 Å². The monoisotopic (exact) mass is 270 g/mol. The molecule has 2 aliphatic rings. The normalized spacial score (nSPS) is 31.7. The number of carbonyl (C=O) groups excluding carboxylic acids is 1. The molecule has 1 amide bonds. The highest BCUT2D eigenvalue weighted by molar-refractivity contribution is 5.78. The van der Waals surface area contributed by atoms with Gasteiger partial charge >= 0.3 is 0 Å². The largest absolute Gasteiger partial charge is 0.377 e. The fraction of sp³-hybridized carbons (Fsp3) is 0.929. The third-order valence-electron chi connectivity index (χ3n) is 3.93. The van der Waals surface area contributed by atoms with E-state index in [9.17, 15) is 4.79 Å². The molecule has 2 fully saturated rings. The first-order valence-corrected chi connectivity index (χ1v) is 7.44. The summed E-state index contributed by atoms with van der Waals surface area (Å²) in [5.41, 5.74) is 0. The molecule has 0 aromatic carbocycles. The molecule has 0 saturated carbocycles. The van der Waals surface area contributed by atoms with Crippen LogP contribution < -0.4 is 5.32 Å². The number of hydrogen-bond acceptors (Lipinski definition) is 4. The van der Waals surface area contributed by atoms with Crippen LogP contribution in [-0.4, -0.2) is 61.9 Å². The molecule has 2 aliphatic heterocycles. The van der Waals surface area contributed by atoms with E-state index < -0.39 is 0 Å². The Morgan fingerprint density at radius 3 is 2.95 bits per heavy atom. The molecule has 3 atom stereocenters. The molecule has 2 heterocycles. The summed E-state index contributed by atoms with van der Waals surface area (Å²) in [6.07, 6.45) is 3.62. The highest BCUT2D eigenvalue weighted by Crippen LogP contribution is 2.14. The van der Waals surface area contributed by atoms with Crippen LogP contribution in [0.1, 0.15) is 33.1 Å². The van der Waals surface area contributed by atoms with E-state index in [2.05, 4.69) is 12.2 Å². The van der Waals surface area contributed by atoms with Crippen molar-refractivity contribution in [3.8, 4) is 0 Å². The van der Waals surface area contributed by atoms with E-state index in [-0.39, 0.29) is 18.1 Å². The maximum Gasteiger partial charge on any atom is 0.236 e. The molecule has 0 radical (unpaired) electrons. The summed E-state index contributed by atoms with van der Waals surface area (Å²) in [7, 11) is 0. The second kappa shape index (κ2) is 7.22. The van der Waals surface area contributed by atoms with E-state index in [1.165, 1.54) is 0 Å². The first kappa shape index (κ1) is 14.8. The number of morpholine rings is 1. The van der Waals surface area contributed by atoms with Gasteiger partial charge in [0, 0.05) is 19.7 Å². The van der Waals surface area contributed by atoms with E-state index >= 15 is 0 Å². The van der Waals surface area contributed by atoms with Gasteiger partial charge < -0.3 is 19.7 Å². The molecule has 19 heavy (non-hydrogen) atoms. The number of ether oxygens (including phenoxy) is 2. The molecule has 5 nitrogen and oxygen atoms in total. The predicted octanol–water partition coefficient (Wildman–Crippen LogP) is 0.781. The Kier molecular flexibility index (Phi) is 5.60. The average molecular weight is 270 g/mol. The van der Waals surface area contributed by atoms with Gasteiger partial charge in [-0.3, -0.25) is 4.79 Å². The molecule has 110 valence electrons. The Hall–Kier alpha value is -0.650. The Labute approximate surface area is 115 Å². The second-order valence-corrected chi connectivity index (χ2v) is 5.52. The zero-order chi connectivity index (χ0) is 13.7. The second-order valence-electron chi connectivity index (χ2n) is 5.52. The van der Waals surface area contributed by atoms with Crippen LogP contribution >= 0.6 is 0 Å².